The highest BCUT2D eigenvalue weighted by Crippen LogP contribution is 2.45. The van der Waals surface area contributed by atoms with E-state index in [4.69, 9.17) is 14.2 Å². The molecule has 154 valence electrons. The number of hydrogen-bond acceptors (Lipinski definition) is 5. The number of fused-ring (bicyclic) bond motifs is 2. The molecule has 5 nitrogen and oxygen atoms in total. The first-order chi connectivity index (χ1) is 13.9. The molecule has 0 spiro atoms. The number of ether oxygens (including phenoxy) is 3. The molecule has 1 aliphatic heterocycles. The van der Waals surface area contributed by atoms with E-state index in [2.05, 4.69) is 43.0 Å². The van der Waals surface area contributed by atoms with Crippen molar-refractivity contribution < 1.29 is 19.0 Å². The van der Waals surface area contributed by atoms with Crippen molar-refractivity contribution in [2.24, 2.45) is 5.92 Å². The molecule has 0 saturated carbocycles. The van der Waals surface area contributed by atoms with Crippen molar-refractivity contribution in [1.82, 2.24) is 0 Å². The third-order valence-electron chi connectivity index (χ3n) is 5.46. The summed E-state index contributed by atoms with van der Waals surface area (Å²) >= 11 is 0. The van der Waals surface area contributed by atoms with Crippen molar-refractivity contribution >= 4 is 11.5 Å². The summed E-state index contributed by atoms with van der Waals surface area (Å²) in [5.74, 6) is 2.98. The van der Waals surface area contributed by atoms with Gasteiger partial charge in [0.05, 0.1) is 6.61 Å². The van der Waals surface area contributed by atoms with E-state index in [1.807, 2.05) is 20.2 Å². The van der Waals surface area contributed by atoms with E-state index in [1.54, 1.807) is 0 Å². The summed E-state index contributed by atoms with van der Waals surface area (Å²) in [6.07, 6.45) is 0.923. The molecule has 5 heteroatoms. The van der Waals surface area contributed by atoms with Gasteiger partial charge in [-0.1, -0.05) is 19.9 Å². The lowest BCUT2D eigenvalue weighted by atomic mass is 9.77. The molecule has 2 aliphatic rings. The van der Waals surface area contributed by atoms with Gasteiger partial charge < -0.3 is 19.1 Å². The highest BCUT2D eigenvalue weighted by molar-refractivity contribution is 5.85. The van der Waals surface area contributed by atoms with Gasteiger partial charge in [0, 0.05) is 50.2 Å². The van der Waals surface area contributed by atoms with E-state index >= 15 is 0 Å². The van der Waals surface area contributed by atoms with Crippen molar-refractivity contribution in [3.63, 3.8) is 0 Å². The lowest BCUT2D eigenvalue weighted by Gasteiger charge is -2.30. The van der Waals surface area contributed by atoms with Crippen LogP contribution < -0.4 is 19.1 Å². The van der Waals surface area contributed by atoms with E-state index in [-0.39, 0.29) is 11.7 Å². The van der Waals surface area contributed by atoms with Crippen LogP contribution in [0.5, 0.6) is 17.2 Å². The van der Waals surface area contributed by atoms with Gasteiger partial charge in [-0.15, -0.1) is 0 Å². The normalized spacial score (nSPS) is 17.8. The van der Waals surface area contributed by atoms with Gasteiger partial charge in [-0.3, -0.25) is 4.79 Å². The first kappa shape index (κ1) is 19.6. The minimum Gasteiger partial charge on any atom is -0.493 e. The van der Waals surface area contributed by atoms with Gasteiger partial charge in [-0.2, -0.15) is 0 Å². The fourth-order valence-electron chi connectivity index (χ4n) is 3.99. The van der Waals surface area contributed by atoms with Crippen molar-refractivity contribution in [2.75, 3.05) is 38.8 Å². The second-order valence-corrected chi connectivity index (χ2v) is 8.49. The van der Waals surface area contributed by atoms with E-state index in [1.165, 1.54) is 0 Å². The summed E-state index contributed by atoms with van der Waals surface area (Å²) < 4.78 is 17.8. The first-order valence-corrected chi connectivity index (χ1v) is 10.3. The molecule has 1 unspecified atom stereocenters. The van der Waals surface area contributed by atoms with Crippen LogP contribution in [0.15, 0.2) is 30.3 Å². The summed E-state index contributed by atoms with van der Waals surface area (Å²) in [7, 11) is 4.04. The molecule has 0 N–H and O–H groups in total. The minimum absolute atomic E-state index is 0.0412. The largest absolute Gasteiger partial charge is 0.493 e. The number of anilines is 1. The minimum atomic E-state index is -0.0412. The quantitative estimate of drug-likeness (QED) is 0.759. The maximum atomic E-state index is 12.6. The van der Waals surface area contributed by atoms with Gasteiger partial charge >= 0.3 is 0 Å². The second kappa shape index (κ2) is 7.97. The van der Waals surface area contributed by atoms with Gasteiger partial charge in [0.1, 0.15) is 24.7 Å². The Bertz CT molecular complexity index is 919. The average molecular weight is 395 g/mol. The number of ketones is 1. The number of carbonyl (C=O) groups is 1. The highest BCUT2D eigenvalue weighted by Gasteiger charge is 2.31. The molecule has 2 aromatic carbocycles. The third-order valence-corrected chi connectivity index (χ3v) is 5.46. The predicted molar refractivity (Wildman–Crippen MR) is 114 cm³/mol. The molecular formula is C24H29NO4. The van der Waals surface area contributed by atoms with Crippen molar-refractivity contribution in [2.45, 2.75) is 32.6 Å². The molecule has 0 amide bonds. The summed E-state index contributed by atoms with van der Waals surface area (Å²) in [5, 5.41) is 0. The lowest BCUT2D eigenvalue weighted by molar-refractivity contribution is -0.119. The van der Waals surface area contributed by atoms with Gasteiger partial charge in [0.15, 0.2) is 11.5 Å². The van der Waals surface area contributed by atoms with Crippen LogP contribution in [0.1, 0.15) is 42.9 Å². The molecule has 2 aromatic rings. The number of hydrogen-bond donors (Lipinski definition) is 0. The molecule has 4 rings (SSSR count). The first-order valence-electron chi connectivity index (χ1n) is 10.3. The van der Waals surface area contributed by atoms with Gasteiger partial charge in [-0.25, -0.2) is 0 Å². The van der Waals surface area contributed by atoms with Crippen LogP contribution in [0.25, 0.3) is 0 Å². The lowest BCUT2D eigenvalue weighted by Crippen LogP contribution is -2.22. The molecule has 29 heavy (non-hydrogen) atoms. The zero-order chi connectivity index (χ0) is 20.5. The molecule has 0 fully saturated rings. The Labute approximate surface area is 172 Å². The standard InChI is InChI=1S/C24H29NO4/c1-15(2)14-29-22-11-17(25(3)4)5-6-19(22)21-12-18(26)9-16-10-23-24(13-20(16)21)28-8-7-27-23/h5-6,10-11,13,15,21H,7-9,12,14H2,1-4H3. The molecule has 0 bridgehead atoms. The van der Waals surface area contributed by atoms with Crippen LogP contribution >= 0.6 is 0 Å². The van der Waals surface area contributed by atoms with Gasteiger partial charge in [0.2, 0.25) is 0 Å². The Hall–Kier alpha value is -2.69. The van der Waals surface area contributed by atoms with Crippen LogP contribution in [0.3, 0.4) is 0 Å². The van der Waals surface area contributed by atoms with Crippen molar-refractivity contribution in [3.8, 4) is 17.2 Å². The Morgan fingerprint density at radius 3 is 2.48 bits per heavy atom. The zero-order valence-electron chi connectivity index (χ0n) is 17.7. The molecule has 0 radical (unpaired) electrons. The number of carbonyl (C=O) groups excluding carboxylic acids is 1. The number of nitrogens with zero attached hydrogens (tertiary/aromatic N) is 1. The van der Waals surface area contributed by atoms with Crippen LogP contribution in [0.2, 0.25) is 0 Å². The third kappa shape index (κ3) is 4.04. The van der Waals surface area contributed by atoms with Crippen molar-refractivity contribution in [3.05, 3.63) is 47.0 Å². The highest BCUT2D eigenvalue weighted by atomic mass is 16.6. The average Bonchev–Trinajstić information content (AvgIpc) is 2.70. The van der Waals surface area contributed by atoms with Crippen LogP contribution in [-0.2, 0) is 11.2 Å². The number of rotatable bonds is 5. The molecule has 0 aromatic heterocycles. The Morgan fingerprint density at radius 1 is 1.07 bits per heavy atom. The molecule has 1 heterocycles. The summed E-state index contributed by atoms with van der Waals surface area (Å²) in [4.78, 5) is 14.7. The Morgan fingerprint density at radius 2 is 1.79 bits per heavy atom. The van der Waals surface area contributed by atoms with Crippen molar-refractivity contribution in [1.29, 1.82) is 0 Å². The molecule has 0 saturated heterocycles. The van der Waals surface area contributed by atoms with Gasteiger partial charge in [-0.05, 0) is 35.2 Å². The second-order valence-electron chi connectivity index (χ2n) is 8.49. The summed E-state index contributed by atoms with van der Waals surface area (Å²) in [6.45, 7) is 6.01. The van der Waals surface area contributed by atoms with Crippen LogP contribution in [0, 0.1) is 5.92 Å². The SMILES string of the molecule is CC(C)COc1cc(N(C)C)ccc1C1CC(=O)Cc2cc3c(cc21)OCCO3. The smallest absolute Gasteiger partial charge is 0.161 e. The van der Waals surface area contributed by atoms with E-state index in [9.17, 15) is 4.79 Å². The van der Waals surface area contributed by atoms with E-state index < -0.39 is 0 Å². The Balaban J connectivity index is 1.79. The molecular weight excluding hydrogens is 366 g/mol. The van der Waals surface area contributed by atoms with E-state index in [0.29, 0.717) is 38.6 Å². The topological polar surface area (TPSA) is 48.0 Å². The van der Waals surface area contributed by atoms with E-state index in [0.717, 1.165) is 39.6 Å². The number of Topliss-reactive ketones (excluding diaryl/α,β-unsaturated/α-hetero) is 1. The fraction of sp³-hybridized carbons (Fsp3) is 0.458. The maximum absolute atomic E-state index is 12.6. The number of benzene rings is 2. The molecule has 1 aliphatic carbocycles. The predicted octanol–water partition coefficient (Wildman–Crippen LogP) is 4.21. The summed E-state index contributed by atoms with van der Waals surface area (Å²) in [6, 6.07) is 10.3. The zero-order valence-corrected chi connectivity index (χ0v) is 17.7. The maximum Gasteiger partial charge on any atom is 0.161 e. The van der Waals surface area contributed by atoms with Gasteiger partial charge in [0.25, 0.3) is 0 Å². The Kier molecular flexibility index (Phi) is 5.39. The summed E-state index contributed by atoms with van der Waals surface area (Å²) in [5.41, 5.74) is 4.31. The molecule has 1 atom stereocenters. The fourth-order valence-corrected chi connectivity index (χ4v) is 3.99. The monoisotopic (exact) mass is 395 g/mol. The van der Waals surface area contributed by atoms with Crippen LogP contribution in [-0.4, -0.2) is 39.7 Å². The van der Waals surface area contributed by atoms with Crippen LogP contribution in [0.4, 0.5) is 5.69 Å².